The Bertz CT molecular complexity index is 586. The molecule has 1 aliphatic heterocycles. The van der Waals surface area contributed by atoms with Gasteiger partial charge in [-0.1, -0.05) is 35.9 Å². The Morgan fingerprint density at radius 2 is 2.17 bits per heavy atom. The van der Waals surface area contributed by atoms with Gasteiger partial charge in [0, 0.05) is 48.3 Å². The van der Waals surface area contributed by atoms with E-state index in [1.165, 1.54) is 24.5 Å². The van der Waals surface area contributed by atoms with Crippen LogP contribution in [0.4, 0.5) is 0 Å². The summed E-state index contributed by atoms with van der Waals surface area (Å²) in [7, 11) is 0. The summed E-state index contributed by atoms with van der Waals surface area (Å²) in [6.45, 7) is 3.70. The smallest absolute Gasteiger partial charge is 0.303 e. The summed E-state index contributed by atoms with van der Waals surface area (Å²) in [5.74, 6) is -0.171. The molecule has 1 heterocycles. The Morgan fingerprint density at radius 3 is 2.91 bits per heavy atom. The van der Waals surface area contributed by atoms with Crippen molar-refractivity contribution in [1.82, 2.24) is 3.11 Å². The Hall–Kier alpha value is -0.880. The van der Waals surface area contributed by atoms with E-state index in [9.17, 15) is 4.79 Å². The molecule has 0 unspecified atom stereocenters. The van der Waals surface area contributed by atoms with Crippen molar-refractivity contribution >= 4 is 28.8 Å². The Kier molecular flexibility index (Phi) is 5.42. The lowest BCUT2D eigenvalue weighted by Crippen LogP contribution is -2.44. The third-order valence-electron chi connectivity index (χ3n) is 5.13. The highest BCUT2D eigenvalue weighted by molar-refractivity contribution is 14.1. The number of piperidine rings is 1. The Labute approximate surface area is 152 Å². The summed E-state index contributed by atoms with van der Waals surface area (Å²) in [5, 5.41) is 0. The fourth-order valence-corrected chi connectivity index (χ4v) is 4.84. The fraction of sp³-hybridized carbons (Fsp3) is 0.526. The van der Waals surface area contributed by atoms with E-state index >= 15 is 0 Å². The molecule has 1 fully saturated rings. The van der Waals surface area contributed by atoms with Crippen molar-refractivity contribution in [3.63, 3.8) is 0 Å². The summed E-state index contributed by atoms with van der Waals surface area (Å²) in [5.41, 5.74) is 3.18. The highest BCUT2D eigenvalue weighted by Gasteiger charge is 2.41. The fourth-order valence-electron chi connectivity index (χ4n) is 3.94. The maximum absolute atomic E-state index is 11.3. The van der Waals surface area contributed by atoms with Crippen molar-refractivity contribution in [2.24, 2.45) is 5.41 Å². The van der Waals surface area contributed by atoms with Crippen LogP contribution in [-0.4, -0.2) is 28.3 Å². The van der Waals surface area contributed by atoms with Gasteiger partial charge >= 0.3 is 5.97 Å². The first-order valence-electron chi connectivity index (χ1n) is 8.40. The summed E-state index contributed by atoms with van der Waals surface area (Å²) >= 11 is 2.46. The van der Waals surface area contributed by atoms with Gasteiger partial charge in [-0.05, 0) is 43.7 Å². The molecule has 1 aromatic rings. The number of halogens is 1. The summed E-state index contributed by atoms with van der Waals surface area (Å²) in [4.78, 5) is 11.3. The molecule has 2 atom stereocenters. The SMILES string of the molecule is CC(=O)O[C@@H]1C=C2CCN(I)C[C@@]2(CCc2ccccc2)CC1. The predicted octanol–water partition coefficient (Wildman–Crippen LogP) is 4.31. The molecule has 3 nitrogen and oxygen atoms in total. The zero-order chi connectivity index (χ0) is 16.3. The van der Waals surface area contributed by atoms with E-state index in [1.54, 1.807) is 0 Å². The summed E-state index contributed by atoms with van der Waals surface area (Å²) < 4.78 is 7.87. The topological polar surface area (TPSA) is 29.5 Å². The van der Waals surface area contributed by atoms with Crippen molar-refractivity contribution in [3.05, 3.63) is 47.5 Å². The van der Waals surface area contributed by atoms with Crippen LogP contribution in [0, 0.1) is 5.41 Å². The number of nitrogens with zero attached hydrogens (tertiary/aromatic N) is 1. The lowest BCUT2D eigenvalue weighted by Gasteiger charge is -2.46. The molecule has 3 rings (SSSR count). The Balaban J connectivity index is 1.76. The monoisotopic (exact) mass is 425 g/mol. The van der Waals surface area contributed by atoms with Crippen LogP contribution in [0.25, 0.3) is 0 Å². The highest BCUT2D eigenvalue weighted by atomic mass is 127. The normalized spacial score (nSPS) is 27.9. The quantitative estimate of drug-likeness (QED) is 0.312. The largest absolute Gasteiger partial charge is 0.458 e. The number of carbonyl (C=O) groups is 1. The van der Waals surface area contributed by atoms with Gasteiger partial charge in [0.25, 0.3) is 0 Å². The minimum Gasteiger partial charge on any atom is -0.458 e. The van der Waals surface area contributed by atoms with E-state index in [-0.39, 0.29) is 17.5 Å². The first-order chi connectivity index (χ1) is 11.1. The van der Waals surface area contributed by atoms with Gasteiger partial charge in [-0.3, -0.25) is 4.79 Å². The minimum atomic E-state index is -0.171. The number of hydrogen-bond acceptors (Lipinski definition) is 3. The number of carbonyl (C=O) groups excluding carboxylic acids is 1. The van der Waals surface area contributed by atoms with Gasteiger partial charge in [0.15, 0.2) is 0 Å². The summed E-state index contributed by atoms with van der Waals surface area (Å²) in [6.07, 6.45) is 7.67. The number of ether oxygens (including phenoxy) is 1. The van der Waals surface area contributed by atoms with Crippen LogP contribution in [0.3, 0.4) is 0 Å². The van der Waals surface area contributed by atoms with Gasteiger partial charge in [0.2, 0.25) is 0 Å². The number of fused-ring (bicyclic) bond motifs is 1. The van der Waals surface area contributed by atoms with E-state index in [2.05, 4.69) is 62.4 Å². The molecule has 0 amide bonds. The molecule has 0 radical (unpaired) electrons. The predicted molar refractivity (Wildman–Crippen MR) is 100 cm³/mol. The molecule has 0 aromatic heterocycles. The van der Waals surface area contributed by atoms with Gasteiger partial charge in [-0.15, -0.1) is 0 Å². The molecule has 0 N–H and O–H groups in total. The van der Waals surface area contributed by atoms with Crippen LogP contribution in [-0.2, 0) is 16.0 Å². The van der Waals surface area contributed by atoms with Gasteiger partial charge in [0.1, 0.15) is 6.10 Å². The molecule has 1 saturated heterocycles. The highest BCUT2D eigenvalue weighted by Crippen LogP contribution is 2.47. The molecule has 0 saturated carbocycles. The van der Waals surface area contributed by atoms with Gasteiger partial charge in [0.05, 0.1) is 0 Å². The number of rotatable bonds is 4. The van der Waals surface area contributed by atoms with Crippen molar-refractivity contribution in [3.8, 4) is 0 Å². The van der Waals surface area contributed by atoms with E-state index in [4.69, 9.17) is 4.74 Å². The molecule has 124 valence electrons. The maximum atomic E-state index is 11.3. The maximum Gasteiger partial charge on any atom is 0.303 e. The zero-order valence-electron chi connectivity index (χ0n) is 13.6. The van der Waals surface area contributed by atoms with E-state index in [0.717, 1.165) is 38.8 Å². The van der Waals surface area contributed by atoms with Crippen molar-refractivity contribution in [2.75, 3.05) is 13.1 Å². The first-order valence-corrected chi connectivity index (χ1v) is 9.37. The average molecular weight is 425 g/mol. The lowest BCUT2D eigenvalue weighted by atomic mass is 9.66. The van der Waals surface area contributed by atoms with E-state index in [1.807, 2.05) is 0 Å². The Morgan fingerprint density at radius 1 is 1.39 bits per heavy atom. The van der Waals surface area contributed by atoms with Crippen molar-refractivity contribution in [2.45, 2.75) is 45.1 Å². The first kappa shape index (κ1) is 17.0. The van der Waals surface area contributed by atoms with Crippen LogP contribution in [0.2, 0.25) is 0 Å². The molecule has 1 aliphatic carbocycles. The van der Waals surface area contributed by atoms with Crippen LogP contribution >= 0.6 is 22.9 Å². The minimum absolute atomic E-state index is 0.0203. The molecular weight excluding hydrogens is 401 g/mol. The molecule has 4 heteroatoms. The van der Waals surface area contributed by atoms with Crippen LogP contribution < -0.4 is 0 Å². The lowest BCUT2D eigenvalue weighted by molar-refractivity contribution is -0.145. The second-order valence-corrected chi connectivity index (χ2v) is 8.10. The van der Waals surface area contributed by atoms with Crippen molar-refractivity contribution < 1.29 is 9.53 Å². The van der Waals surface area contributed by atoms with Crippen LogP contribution in [0.5, 0.6) is 0 Å². The van der Waals surface area contributed by atoms with Gasteiger partial charge < -0.3 is 4.74 Å². The van der Waals surface area contributed by atoms with Gasteiger partial charge in [-0.2, -0.15) is 0 Å². The third kappa shape index (κ3) is 4.15. The van der Waals surface area contributed by atoms with E-state index in [0.29, 0.717) is 0 Å². The molecule has 23 heavy (non-hydrogen) atoms. The standard InChI is InChI=1S/C19H24INO2/c1-15(22)23-18-8-11-19(10-7-16-5-3-2-4-6-16)14-21(20)12-9-17(19)13-18/h2-6,13,18H,7-12,14H2,1H3/t18-,19+/m0/s1. The third-order valence-corrected chi connectivity index (χ3v) is 5.95. The second-order valence-electron chi connectivity index (χ2n) is 6.74. The molecule has 1 aromatic carbocycles. The average Bonchev–Trinajstić information content (AvgIpc) is 2.54. The summed E-state index contributed by atoms with van der Waals surface area (Å²) in [6, 6.07) is 10.7. The number of esters is 1. The van der Waals surface area contributed by atoms with Crippen LogP contribution in [0.1, 0.15) is 38.2 Å². The molecular formula is C19H24INO2. The van der Waals surface area contributed by atoms with Crippen molar-refractivity contribution in [1.29, 1.82) is 0 Å². The zero-order valence-corrected chi connectivity index (χ0v) is 15.8. The number of benzene rings is 1. The van der Waals surface area contributed by atoms with E-state index < -0.39 is 0 Å². The second kappa shape index (κ2) is 7.34. The molecule has 0 bridgehead atoms. The van der Waals surface area contributed by atoms with Crippen LogP contribution in [0.15, 0.2) is 42.0 Å². The molecule has 2 aliphatic rings. The number of hydrogen-bond donors (Lipinski definition) is 0. The van der Waals surface area contributed by atoms with Gasteiger partial charge in [-0.25, -0.2) is 3.11 Å². The number of aryl methyl sites for hydroxylation is 1. The molecule has 0 spiro atoms.